The quantitative estimate of drug-likeness (QED) is 0.794. The molecule has 1 aromatic carbocycles. The van der Waals surface area contributed by atoms with Gasteiger partial charge in [-0.15, -0.1) is 0 Å². The Morgan fingerprint density at radius 3 is 2.44 bits per heavy atom. The van der Waals surface area contributed by atoms with Gasteiger partial charge in [0.1, 0.15) is 5.82 Å². The lowest BCUT2D eigenvalue weighted by molar-refractivity contribution is -0.127. The number of likely N-dealkylation sites (tertiary alicyclic amines) is 1. The van der Waals surface area contributed by atoms with Crippen LogP contribution in [0.2, 0.25) is 5.02 Å². The molecule has 1 aliphatic carbocycles. The molecule has 1 N–H and O–H groups in total. The highest BCUT2D eigenvalue weighted by atomic mass is 35.5. The van der Waals surface area contributed by atoms with E-state index < -0.39 is 0 Å². The fraction of sp³-hybridized carbons (Fsp3) is 0.650. The van der Waals surface area contributed by atoms with Crippen LogP contribution in [0.15, 0.2) is 18.2 Å². The van der Waals surface area contributed by atoms with Crippen molar-refractivity contribution >= 4 is 17.5 Å². The standard InChI is InChI=1S/C20H28ClFN2O/c21-17-8-7-16(19(22)13-17)14-24-11-9-15(10-12-24)20(25)23-18-5-3-1-2-4-6-18/h7-8,13,15,18H,1-6,9-12,14H2,(H,23,25). The molecule has 1 saturated heterocycles. The van der Waals surface area contributed by atoms with Gasteiger partial charge in [-0.05, 0) is 50.9 Å². The smallest absolute Gasteiger partial charge is 0.223 e. The Balaban J connectivity index is 1.45. The van der Waals surface area contributed by atoms with Crippen molar-refractivity contribution in [3.05, 3.63) is 34.6 Å². The summed E-state index contributed by atoms with van der Waals surface area (Å²) in [6, 6.07) is 5.22. The van der Waals surface area contributed by atoms with Gasteiger partial charge in [-0.25, -0.2) is 4.39 Å². The van der Waals surface area contributed by atoms with E-state index in [1.807, 2.05) is 0 Å². The van der Waals surface area contributed by atoms with Crippen LogP contribution in [0.1, 0.15) is 56.9 Å². The molecule has 3 rings (SSSR count). The molecule has 25 heavy (non-hydrogen) atoms. The Kier molecular flexibility index (Phi) is 6.71. The van der Waals surface area contributed by atoms with Crippen molar-refractivity contribution in [2.24, 2.45) is 5.92 Å². The number of carbonyl (C=O) groups excluding carboxylic acids is 1. The monoisotopic (exact) mass is 366 g/mol. The van der Waals surface area contributed by atoms with Gasteiger partial charge in [-0.1, -0.05) is 43.4 Å². The lowest BCUT2D eigenvalue weighted by Gasteiger charge is -2.32. The largest absolute Gasteiger partial charge is 0.353 e. The Morgan fingerprint density at radius 2 is 1.80 bits per heavy atom. The molecule has 0 atom stereocenters. The molecule has 0 aromatic heterocycles. The fourth-order valence-electron chi connectivity index (χ4n) is 3.99. The first kappa shape index (κ1) is 18.7. The van der Waals surface area contributed by atoms with Crippen LogP contribution >= 0.6 is 11.6 Å². The van der Waals surface area contributed by atoms with Crippen molar-refractivity contribution in [1.29, 1.82) is 0 Å². The summed E-state index contributed by atoms with van der Waals surface area (Å²) in [7, 11) is 0. The van der Waals surface area contributed by atoms with E-state index in [0.717, 1.165) is 38.8 Å². The number of amides is 1. The molecule has 0 spiro atoms. The highest BCUT2D eigenvalue weighted by molar-refractivity contribution is 6.30. The van der Waals surface area contributed by atoms with E-state index in [1.54, 1.807) is 12.1 Å². The van der Waals surface area contributed by atoms with E-state index in [2.05, 4.69) is 10.2 Å². The van der Waals surface area contributed by atoms with Gasteiger partial charge in [0, 0.05) is 29.1 Å². The van der Waals surface area contributed by atoms with Gasteiger partial charge in [-0.2, -0.15) is 0 Å². The van der Waals surface area contributed by atoms with E-state index in [9.17, 15) is 9.18 Å². The molecule has 3 nitrogen and oxygen atoms in total. The Labute approximate surface area is 154 Å². The molecule has 0 unspecified atom stereocenters. The first-order chi connectivity index (χ1) is 12.1. The number of rotatable bonds is 4. The molecule has 1 heterocycles. The van der Waals surface area contributed by atoms with Crippen LogP contribution in [0, 0.1) is 11.7 Å². The summed E-state index contributed by atoms with van der Waals surface area (Å²) in [6.07, 6.45) is 9.02. The summed E-state index contributed by atoms with van der Waals surface area (Å²) in [5, 5.41) is 3.70. The second-order valence-corrected chi connectivity index (χ2v) is 7.92. The molecule has 1 saturated carbocycles. The summed E-state index contributed by atoms with van der Waals surface area (Å²) in [4.78, 5) is 14.8. The molecule has 2 aliphatic rings. The third-order valence-corrected chi connectivity index (χ3v) is 5.80. The third-order valence-electron chi connectivity index (χ3n) is 5.57. The van der Waals surface area contributed by atoms with Gasteiger partial charge in [0.2, 0.25) is 5.91 Å². The zero-order valence-corrected chi connectivity index (χ0v) is 15.5. The van der Waals surface area contributed by atoms with Gasteiger partial charge in [0.05, 0.1) is 0 Å². The second-order valence-electron chi connectivity index (χ2n) is 7.48. The summed E-state index contributed by atoms with van der Waals surface area (Å²) >= 11 is 5.81. The van der Waals surface area contributed by atoms with Crippen LogP contribution in [-0.4, -0.2) is 29.9 Å². The van der Waals surface area contributed by atoms with Crippen molar-refractivity contribution in [2.75, 3.05) is 13.1 Å². The predicted octanol–water partition coefficient (Wildman–Crippen LogP) is 4.53. The summed E-state index contributed by atoms with van der Waals surface area (Å²) < 4.78 is 13.9. The second kappa shape index (κ2) is 9.00. The van der Waals surface area contributed by atoms with Crippen LogP contribution in [0.4, 0.5) is 4.39 Å². The van der Waals surface area contributed by atoms with E-state index in [1.165, 1.54) is 31.7 Å². The lowest BCUT2D eigenvalue weighted by atomic mass is 9.94. The van der Waals surface area contributed by atoms with Gasteiger partial charge in [-0.3, -0.25) is 9.69 Å². The number of hydrogen-bond acceptors (Lipinski definition) is 2. The molecular formula is C20H28ClFN2O. The average molecular weight is 367 g/mol. The first-order valence-corrected chi connectivity index (χ1v) is 9.96. The van der Waals surface area contributed by atoms with Crippen LogP contribution in [0.5, 0.6) is 0 Å². The number of nitrogens with one attached hydrogen (secondary N) is 1. The summed E-state index contributed by atoms with van der Waals surface area (Å²) in [6.45, 7) is 2.26. The van der Waals surface area contributed by atoms with Gasteiger partial charge in [0.15, 0.2) is 0 Å². The average Bonchev–Trinajstić information content (AvgIpc) is 2.87. The number of halogens is 2. The SMILES string of the molecule is O=C(NC1CCCCCC1)C1CCN(Cc2ccc(Cl)cc2F)CC1. The van der Waals surface area contributed by atoms with Crippen LogP contribution < -0.4 is 5.32 Å². The Hall–Kier alpha value is -1.13. The van der Waals surface area contributed by atoms with Crippen LogP contribution in [0.25, 0.3) is 0 Å². The zero-order valence-electron chi connectivity index (χ0n) is 14.8. The normalized spacial score (nSPS) is 21.0. The number of benzene rings is 1. The first-order valence-electron chi connectivity index (χ1n) is 9.58. The predicted molar refractivity (Wildman–Crippen MR) is 99.0 cm³/mol. The van der Waals surface area contributed by atoms with Crippen LogP contribution in [0.3, 0.4) is 0 Å². The summed E-state index contributed by atoms with van der Waals surface area (Å²) in [5.41, 5.74) is 0.672. The Bertz CT molecular complexity index is 579. The fourth-order valence-corrected chi connectivity index (χ4v) is 4.15. The molecule has 138 valence electrons. The zero-order chi connectivity index (χ0) is 17.6. The maximum absolute atomic E-state index is 13.9. The number of carbonyl (C=O) groups is 1. The molecular weight excluding hydrogens is 339 g/mol. The lowest BCUT2D eigenvalue weighted by Crippen LogP contribution is -2.43. The Morgan fingerprint density at radius 1 is 1.12 bits per heavy atom. The van der Waals surface area contributed by atoms with Crippen molar-refractivity contribution < 1.29 is 9.18 Å². The minimum absolute atomic E-state index is 0.106. The minimum Gasteiger partial charge on any atom is -0.353 e. The van der Waals surface area contributed by atoms with E-state index in [0.29, 0.717) is 23.2 Å². The van der Waals surface area contributed by atoms with Crippen molar-refractivity contribution in [3.8, 4) is 0 Å². The van der Waals surface area contributed by atoms with Crippen molar-refractivity contribution in [2.45, 2.75) is 64.0 Å². The minimum atomic E-state index is -0.249. The number of piperidine rings is 1. The molecule has 1 amide bonds. The maximum atomic E-state index is 13.9. The summed E-state index contributed by atoms with van der Waals surface area (Å²) in [5.74, 6) is 0.0829. The van der Waals surface area contributed by atoms with Crippen LogP contribution in [-0.2, 0) is 11.3 Å². The highest BCUT2D eigenvalue weighted by Crippen LogP contribution is 2.23. The van der Waals surface area contributed by atoms with E-state index in [-0.39, 0.29) is 17.6 Å². The third kappa shape index (κ3) is 5.42. The highest BCUT2D eigenvalue weighted by Gasteiger charge is 2.27. The molecule has 5 heteroatoms. The molecule has 0 radical (unpaired) electrons. The molecule has 1 aliphatic heterocycles. The van der Waals surface area contributed by atoms with Crippen molar-refractivity contribution in [1.82, 2.24) is 10.2 Å². The molecule has 0 bridgehead atoms. The maximum Gasteiger partial charge on any atom is 0.223 e. The van der Waals surface area contributed by atoms with Crippen molar-refractivity contribution in [3.63, 3.8) is 0 Å². The molecule has 2 fully saturated rings. The topological polar surface area (TPSA) is 32.3 Å². The van der Waals surface area contributed by atoms with Gasteiger partial charge < -0.3 is 5.32 Å². The molecule has 1 aromatic rings. The van der Waals surface area contributed by atoms with Gasteiger partial charge in [0.25, 0.3) is 0 Å². The van der Waals surface area contributed by atoms with Gasteiger partial charge >= 0.3 is 0 Å². The number of nitrogens with zero attached hydrogens (tertiary/aromatic N) is 1. The van der Waals surface area contributed by atoms with E-state index >= 15 is 0 Å². The number of hydrogen-bond donors (Lipinski definition) is 1. The van der Waals surface area contributed by atoms with E-state index in [4.69, 9.17) is 11.6 Å².